The van der Waals surface area contributed by atoms with Gasteiger partial charge >= 0.3 is 5.97 Å². The first-order valence-electron chi connectivity index (χ1n) is 9.33. The lowest BCUT2D eigenvalue weighted by Gasteiger charge is -2.33. The molecule has 0 aliphatic carbocycles. The van der Waals surface area contributed by atoms with E-state index in [0.29, 0.717) is 44.9 Å². The fourth-order valence-corrected chi connectivity index (χ4v) is 3.03. The fraction of sp³-hybridized carbons (Fsp3) is 0.833. The second kappa shape index (κ2) is 12.9. The van der Waals surface area contributed by atoms with E-state index in [1.54, 1.807) is 9.80 Å². The standard InChI is InChI=1S/C18H33N3O4.ClH/c1-4-9-20(13-17(23)24)12-16(22)21-10-6-15(7-11-21)18(25)19-8-5-14(2)3;/h14-15H,4-13H2,1-3H3,(H,19,25)(H,23,24);1H. The summed E-state index contributed by atoms with van der Waals surface area (Å²) in [7, 11) is 0. The lowest BCUT2D eigenvalue weighted by atomic mass is 9.95. The molecule has 1 heterocycles. The molecule has 0 radical (unpaired) electrons. The first kappa shape index (κ1) is 24.7. The van der Waals surface area contributed by atoms with Crippen molar-refractivity contribution in [2.45, 2.75) is 46.5 Å². The number of amides is 2. The highest BCUT2D eigenvalue weighted by molar-refractivity contribution is 5.85. The Kier molecular flexibility index (Phi) is 12.3. The van der Waals surface area contributed by atoms with Crippen molar-refractivity contribution in [1.29, 1.82) is 0 Å². The number of carbonyl (C=O) groups is 3. The smallest absolute Gasteiger partial charge is 0.317 e. The quantitative estimate of drug-likeness (QED) is 0.590. The number of carboxylic acids is 1. The van der Waals surface area contributed by atoms with Crippen LogP contribution < -0.4 is 5.32 Å². The zero-order chi connectivity index (χ0) is 18.8. The molecule has 0 aromatic rings. The lowest BCUT2D eigenvalue weighted by molar-refractivity contribution is -0.141. The van der Waals surface area contributed by atoms with Crippen molar-refractivity contribution < 1.29 is 19.5 Å². The molecule has 0 aromatic heterocycles. The van der Waals surface area contributed by atoms with Gasteiger partial charge in [-0.05, 0) is 38.1 Å². The highest BCUT2D eigenvalue weighted by Gasteiger charge is 2.28. The molecule has 7 nitrogen and oxygen atoms in total. The maximum atomic E-state index is 12.4. The van der Waals surface area contributed by atoms with E-state index in [2.05, 4.69) is 19.2 Å². The number of nitrogens with zero attached hydrogens (tertiary/aromatic N) is 2. The number of nitrogens with one attached hydrogen (secondary N) is 1. The molecule has 0 spiro atoms. The van der Waals surface area contributed by atoms with Crippen LogP contribution in [-0.4, -0.2) is 72.0 Å². The second-order valence-electron chi connectivity index (χ2n) is 7.23. The molecule has 0 bridgehead atoms. The minimum Gasteiger partial charge on any atom is -0.480 e. The van der Waals surface area contributed by atoms with Gasteiger partial charge in [0.25, 0.3) is 0 Å². The van der Waals surface area contributed by atoms with Gasteiger partial charge in [-0.1, -0.05) is 20.8 Å². The molecule has 2 N–H and O–H groups in total. The average molecular weight is 392 g/mol. The highest BCUT2D eigenvalue weighted by Crippen LogP contribution is 2.17. The number of piperidine rings is 1. The average Bonchev–Trinajstić information content (AvgIpc) is 2.54. The van der Waals surface area contributed by atoms with E-state index in [-0.39, 0.29) is 43.2 Å². The van der Waals surface area contributed by atoms with Crippen LogP contribution in [-0.2, 0) is 14.4 Å². The van der Waals surface area contributed by atoms with Crippen molar-refractivity contribution in [2.75, 3.05) is 39.3 Å². The van der Waals surface area contributed by atoms with Crippen molar-refractivity contribution in [3.63, 3.8) is 0 Å². The first-order chi connectivity index (χ1) is 11.8. The van der Waals surface area contributed by atoms with Gasteiger partial charge in [0.15, 0.2) is 0 Å². The molecule has 8 heteroatoms. The van der Waals surface area contributed by atoms with Crippen molar-refractivity contribution in [2.24, 2.45) is 11.8 Å². The Morgan fingerprint density at radius 1 is 1.19 bits per heavy atom. The van der Waals surface area contributed by atoms with Gasteiger partial charge in [-0.15, -0.1) is 12.4 Å². The second-order valence-corrected chi connectivity index (χ2v) is 7.23. The third-order valence-electron chi connectivity index (χ3n) is 4.50. The molecule has 0 unspecified atom stereocenters. The Morgan fingerprint density at radius 3 is 2.31 bits per heavy atom. The zero-order valence-corrected chi connectivity index (χ0v) is 17.0. The normalized spacial score (nSPS) is 15.0. The number of hydrogen-bond donors (Lipinski definition) is 2. The number of carbonyl (C=O) groups excluding carboxylic acids is 2. The van der Waals surface area contributed by atoms with Gasteiger partial charge in [0.1, 0.15) is 0 Å². The predicted octanol–water partition coefficient (Wildman–Crippen LogP) is 1.61. The molecular formula is C18H34ClN3O4. The van der Waals surface area contributed by atoms with Crippen molar-refractivity contribution in [3.8, 4) is 0 Å². The van der Waals surface area contributed by atoms with Crippen molar-refractivity contribution in [3.05, 3.63) is 0 Å². The summed E-state index contributed by atoms with van der Waals surface area (Å²) in [4.78, 5) is 38.8. The maximum absolute atomic E-state index is 12.4. The summed E-state index contributed by atoms with van der Waals surface area (Å²) in [6, 6.07) is 0. The Labute approximate surface area is 162 Å². The third kappa shape index (κ3) is 9.38. The SMILES string of the molecule is CCCN(CC(=O)O)CC(=O)N1CCC(C(=O)NCCC(C)C)CC1.Cl. The van der Waals surface area contributed by atoms with Crippen LogP contribution in [0.25, 0.3) is 0 Å². The Bertz CT molecular complexity index is 452. The number of hydrogen-bond acceptors (Lipinski definition) is 4. The number of carboxylic acid groups (broad SMARTS) is 1. The molecule has 26 heavy (non-hydrogen) atoms. The van der Waals surface area contributed by atoms with Gasteiger partial charge < -0.3 is 15.3 Å². The van der Waals surface area contributed by atoms with E-state index in [0.717, 1.165) is 12.8 Å². The molecule has 1 rings (SSSR count). The van der Waals surface area contributed by atoms with Crippen LogP contribution in [0.5, 0.6) is 0 Å². The van der Waals surface area contributed by atoms with Crippen LogP contribution in [0.3, 0.4) is 0 Å². The fourth-order valence-electron chi connectivity index (χ4n) is 3.03. The minimum absolute atomic E-state index is 0. The first-order valence-corrected chi connectivity index (χ1v) is 9.33. The summed E-state index contributed by atoms with van der Waals surface area (Å²) in [5.41, 5.74) is 0. The number of likely N-dealkylation sites (tertiary alicyclic amines) is 1. The van der Waals surface area contributed by atoms with Crippen LogP contribution in [0.1, 0.15) is 46.5 Å². The molecule has 2 amide bonds. The zero-order valence-electron chi connectivity index (χ0n) is 16.2. The van der Waals surface area contributed by atoms with E-state index in [1.807, 2.05) is 6.92 Å². The van der Waals surface area contributed by atoms with E-state index < -0.39 is 5.97 Å². The van der Waals surface area contributed by atoms with E-state index in [4.69, 9.17) is 5.11 Å². The number of halogens is 1. The van der Waals surface area contributed by atoms with E-state index in [1.165, 1.54) is 0 Å². The van der Waals surface area contributed by atoms with Gasteiger partial charge in [-0.3, -0.25) is 19.3 Å². The lowest BCUT2D eigenvalue weighted by Crippen LogP contribution is -2.47. The molecular weight excluding hydrogens is 358 g/mol. The summed E-state index contributed by atoms with van der Waals surface area (Å²) in [5.74, 6) is -0.337. The van der Waals surface area contributed by atoms with Crippen LogP contribution in [0, 0.1) is 11.8 Å². The van der Waals surface area contributed by atoms with Gasteiger partial charge in [-0.25, -0.2) is 0 Å². The molecule has 0 saturated carbocycles. The predicted molar refractivity (Wildman–Crippen MR) is 103 cm³/mol. The summed E-state index contributed by atoms with van der Waals surface area (Å²) in [6.45, 7) is 8.65. The molecule has 1 saturated heterocycles. The van der Waals surface area contributed by atoms with Crippen LogP contribution >= 0.6 is 12.4 Å². The summed E-state index contributed by atoms with van der Waals surface area (Å²) < 4.78 is 0. The van der Waals surface area contributed by atoms with E-state index >= 15 is 0 Å². The Balaban J connectivity index is 0.00000625. The van der Waals surface area contributed by atoms with Crippen molar-refractivity contribution >= 4 is 30.2 Å². The highest BCUT2D eigenvalue weighted by atomic mass is 35.5. The molecule has 0 aromatic carbocycles. The molecule has 1 aliphatic heterocycles. The Morgan fingerprint density at radius 2 is 1.81 bits per heavy atom. The van der Waals surface area contributed by atoms with Crippen LogP contribution in [0.15, 0.2) is 0 Å². The monoisotopic (exact) mass is 391 g/mol. The van der Waals surface area contributed by atoms with Gasteiger partial charge in [0.05, 0.1) is 13.1 Å². The molecule has 152 valence electrons. The van der Waals surface area contributed by atoms with E-state index in [9.17, 15) is 14.4 Å². The summed E-state index contributed by atoms with van der Waals surface area (Å²) in [5, 5.41) is 11.9. The van der Waals surface area contributed by atoms with Crippen LogP contribution in [0.2, 0.25) is 0 Å². The number of aliphatic carboxylic acids is 1. The van der Waals surface area contributed by atoms with Gasteiger partial charge in [0, 0.05) is 25.6 Å². The number of rotatable bonds is 10. The maximum Gasteiger partial charge on any atom is 0.317 e. The third-order valence-corrected chi connectivity index (χ3v) is 4.50. The summed E-state index contributed by atoms with van der Waals surface area (Å²) >= 11 is 0. The largest absolute Gasteiger partial charge is 0.480 e. The minimum atomic E-state index is -0.918. The summed E-state index contributed by atoms with van der Waals surface area (Å²) in [6.07, 6.45) is 3.12. The van der Waals surface area contributed by atoms with Crippen molar-refractivity contribution in [1.82, 2.24) is 15.1 Å². The molecule has 0 atom stereocenters. The van der Waals surface area contributed by atoms with Crippen LogP contribution in [0.4, 0.5) is 0 Å². The molecule has 1 aliphatic rings. The Hall–Kier alpha value is -1.34. The van der Waals surface area contributed by atoms with Gasteiger partial charge in [0.2, 0.25) is 11.8 Å². The molecule has 1 fully saturated rings. The van der Waals surface area contributed by atoms with Gasteiger partial charge in [-0.2, -0.15) is 0 Å². The topological polar surface area (TPSA) is 90.0 Å².